The lowest BCUT2D eigenvalue weighted by atomic mass is 10.0. The number of halogens is 1. The van der Waals surface area contributed by atoms with Gasteiger partial charge in [-0.05, 0) is 39.2 Å². The van der Waals surface area contributed by atoms with Gasteiger partial charge >= 0.3 is 0 Å². The molecule has 1 fully saturated rings. The molecular weight excluding hydrogens is 469 g/mol. The highest BCUT2D eigenvalue weighted by molar-refractivity contribution is 14.0. The maximum Gasteiger partial charge on any atom is 0.191 e. The van der Waals surface area contributed by atoms with Gasteiger partial charge in [-0.3, -0.25) is 4.90 Å². The molecule has 0 bridgehead atoms. The lowest BCUT2D eigenvalue weighted by Crippen LogP contribution is -2.46. The molecule has 1 aromatic heterocycles. The topological polar surface area (TPSA) is 79.6 Å². The molecule has 0 aromatic carbocycles. The number of rotatable bonds is 10. The minimum atomic E-state index is 0. The Hall–Kier alpha value is -0.940. The first-order chi connectivity index (χ1) is 13.2. The molecule has 2 N–H and O–H groups in total. The molecule has 2 rings (SSSR count). The van der Waals surface area contributed by atoms with Gasteiger partial charge in [0.25, 0.3) is 0 Å². The fourth-order valence-electron chi connectivity index (χ4n) is 3.47. The number of hydrogen-bond donors (Lipinski definition) is 2. The standard InChI is InChI=1S/C19H37N7O.HI/c1-5-17-9-6-7-12-26(17)13-11-21-19(20-10-8-14-27-4)22-15-18-24-23-16(2)25(18)3;/h17H,5-15H2,1-4H3,(H2,20,21,22);1H. The Morgan fingerprint density at radius 3 is 2.71 bits per heavy atom. The van der Waals surface area contributed by atoms with Gasteiger partial charge in [0, 0.05) is 46.4 Å². The van der Waals surface area contributed by atoms with E-state index in [-0.39, 0.29) is 24.0 Å². The lowest BCUT2D eigenvalue weighted by Gasteiger charge is -2.35. The van der Waals surface area contributed by atoms with Crippen LogP contribution in [0.1, 0.15) is 50.7 Å². The first-order valence-corrected chi connectivity index (χ1v) is 10.3. The molecule has 28 heavy (non-hydrogen) atoms. The highest BCUT2D eigenvalue weighted by atomic mass is 127. The second kappa shape index (κ2) is 14.1. The predicted octanol–water partition coefficient (Wildman–Crippen LogP) is 2.08. The van der Waals surface area contributed by atoms with Gasteiger partial charge in [0.15, 0.2) is 11.8 Å². The summed E-state index contributed by atoms with van der Waals surface area (Å²) in [5.74, 6) is 2.60. The van der Waals surface area contributed by atoms with Gasteiger partial charge in [-0.25, -0.2) is 4.99 Å². The number of ether oxygens (including phenoxy) is 1. The van der Waals surface area contributed by atoms with E-state index in [4.69, 9.17) is 9.73 Å². The number of aliphatic imine (C=N–C) groups is 1. The minimum Gasteiger partial charge on any atom is -0.385 e. The number of hydrogen-bond acceptors (Lipinski definition) is 5. The number of piperidine rings is 1. The molecule has 162 valence electrons. The van der Waals surface area contributed by atoms with E-state index in [0.717, 1.165) is 56.3 Å². The molecule has 0 amide bonds. The summed E-state index contributed by atoms with van der Waals surface area (Å²) in [6, 6.07) is 0.734. The molecule has 1 aromatic rings. The molecule has 1 aliphatic rings. The van der Waals surface area contributed by atoms with Crippen molar-refractivity contribution in [3.63, 3.8) is 0 Å². The van der Waals surface area contributed by atoms with Crippen LogP contribution >= 0.6 is 24.0 Å². The average Bonchev–Trinajstić information content (AvgIpc) is 3.01. The SMILES string of the molecule is CCC1CCCCN1CCNC(=NCc1nnc(C)n1C)NCCCOC.I. The Kier molecular flexibility index (Phi) is 12.6. The molecule has 8 nitrogen and oxygen atoms in total. The van der Waals surface area contributed by atoms with Crippen molar-refractivity contribution in [2.24, 2.45) is 12.0 Å². The first-order valence-electron chi connectivity index (χ1n) is 10.3. The molecule has 1 aliphatic heterocycles. The quantitative estimate of drug-likeness (QED) is 0.219. The summed E-state index contributed by atoms with van der Waals surface area (Å²) < 4.78 is 7.11. The number of nitrogens with one attached hydrogen (secondary N) is 2. The van der Waals surface area contributed by atoms with Crippen LogP contribution in [0.5, 0.6) is 0 Å². The van der Waals surface area contributed by atoms with Crippen molar-refractivity contribution < 1.29 is 4.74 Å². The van der Waals surface area contributed by atoms with E-state index in [1.807, 2.05) is 18.5 Å². The molecule has 1 saturated heterocycles. The summed E-state index contributed by atoms with van der Waals surface area (Å²) >= 11 is 0. The Balaban J connectivity index is 0.00000392. The third-order valence-electron chi connectivity index (χ3n) is 5.29. The zero-order valence-corrected chi connectivity index (χ0v) is 20.2. The second-order valence-corrected chi connectivity index (χ2v) is 7.18. The Bertz CT molecular complexity index is 579. The fourth-order valence-corrected chi connectivity index (χ4v) is 3.47. The van der Waals surface area contributed by atoms with Gasteiger partial charge in [-0.1, -0.05) is 13.3 Å². The van der Waals surface area contributed by atoms with E-state index in [2.05, 4.69) is 32.7 Å². The maximum atomic E-state index is 5.13. The minimum absolute atomic E-state index is 0. The Morgan fingerprint density at radius 2 is 2.04 bits per heavy atom. The Morgan fingerprint density at radius 1 is 1.25 bits per heavy atom. The van der Waals surface area contributed by atoms with Crippen molar-refractivity contribution in [2.45, 2.75) is 58.5 Å². The van der Waals surface area contributed by atoms with Gasteiger partial charge in [-0.15, -0.1) is 34.2 Å². The van der Waals surface area contributed by atoms with Gasteiger partial charge in [0.2, 0.25) is 0 Å². The summed E-state index contributed by atoms with van der Waals surface area (Å²) in [5.41, 5.74) is 0. The fraction of sp³-hybridized carbons (Fsp3) is 0.842. The van der Waals surface area contributed by atoms with Gasteiger partial charge in [-0.2, -0.15) is 0 Å². The van der Waals surface area contributed by atoms with Crippen LogP contribution in [0.4, 0.5) is 0 Å². The van der Waals surface area contributed by atoms with Crippen LogP contribution in [-0.2, 0) is 18.3 Å². The van der Waals surface area contributed by atoms with Crippen LogP contribution < -0.4 is 10.6 Å². The average molecular weight is 507 g/mol. The molecule has 1 atom stereocenters. The van der Waals surface area contributed by atoms with E-state index in [1.165, 1.54) is 32.2 Å². The Labute approximate surface area is 186 Å². The zero-order valence-electron chi connectivity index (χ0n) is 17.9. The molecule has 0 aliphatic carbocycles. The molecule has 1 unspecified atom stereocenters. The first kappa shape index (κ1) is 25.1. The van der Waals surface area contributed by atoms with Crippen LogP contribution in [0, 0.1) is 6.92 Å². The number of aromatic nitrogens is 3. The van der Waals surface area contributed by atoms with E-state index in [9.17, 15) is 0 Å². The summed E-state index contributed by atoms with van der Waals surface area (Å²) in [6.45, 7) is 9.50. The van der Waals surface area contributed by atoms with Crippen molar-refractivity contribution in [3.05, 3.63) is 11.6 Å². The highest BCUT2D eigenvalue weighted by Gasteiger charge is 2.20. The van der Waals surface area contributed by atoms with Crippen molar-refractivity contribution in [1.82, 2.24) is 30.3 Å². The number of methoxy groups -OCH3 is 1. The molecule has 0 saturated carbocycles. The van der Waals surface area contributed by atoms with Crippen LogP contribution in [0.2, 0.25) is 0 Å². The third-order valence-corrected chi connectivity index (χ3v) is 5.29. The van der Waals surface area contributed by atoms with Gasteiger partial charge in [0.05, 0.1) is 0 Å². The molecule has 0 spiro atoms. The van der Waals surface area contributed by atoms with E-state index < -0.39 is 0 Å². The molecule has 9 heteroatoms. The van der Waals surface area contributed by atoms with E-state index >= 15 is 0 Å². The van der Waals surface area contributed by atoms with Crippen LogP contribution in [0.25, 0.3) is 0 Å². The van der Waals surface area contributed by atoms with Crippen molar-refractivity contribution in [1.29, 1.82) is 0 Å². The smallest absolute Gasteiger partial charge is 0.191 e. The number of aryl methyl sites for hydroxylation is 1. The third kappa shape index (κ3) is 8.20. The number of likely N-dealkylation sites (tertiary alicyclic amines) is 1. The van der Waals surface area contributed by atoms with Crippen molar-refractivity contribution in [3.8, 4) is 0 Å². The summed E-state index contributed by atoms with van der Waals surface area (Å²) in [5, 5.41) is 15.2. The largest absolute Gasteiger partial charge is 0.385 e. The zero-order chi connectivity index (χ0) is 19.5. The highest BCUT2D eigenvalue weighted by Crippen LogP contribution is 2.18. The molecule has 0 radical (unpaired) electrons. The van der Waals surface area contributed by atoms with Crippen LogP contribution in [0.3, 0.4) is 0 Å². The van der Waals surface area contributed by atoms with Gasteiger partial charge in [0.1, 0.15) is 12.4 Å². The lowest BCUT2D eigenvalue weighted by molar-refractivity contribution is 0.147. The van der Waals surface area contributed by atoms with E-state index in [0.29, 0.717) is 6.54 Å². The van der Waals surface area contributed by atoms with Crippen LogP contribution in [0.15, 0.2) is 4.99 Å². The summed E-state index contributed by atoms with van der Waals surface area (Å²) in [7, 11) is 3.70. The van der Waals surface area contributed by atoms with E-state index in [1.54, 1.807) is 7.11 Å². The van der Waals surface area contributed by atoms with Crippen molar-refractivity contribution >= 4 is 29.9 Å². The second-order valence-electron chi connectivity index (χ2n) is 7.18. The monoisotopic (exact) mass is 507 g/mol. The number of guanidine groups is 1. The van der Waals surface area contributed by atoms with Crippen molar-refractivity contribution in [2.75, 3.05) is 39.9 Å². The summed E-state index contributed by atoms with van der Waals surface area (Å²) in [6.07, 6.45) is 6.20. The maximum absolute atomic E-state index is 5.13. The molecule has 2 heterocycles. The summed E-state index contributed by atoms with van der Waals surface area (Å²) in [4.78, 5) is 7.32. The van der Waals surface area contributed by atoms with Gasteiger partial charge < -0.3 is 19.9 Å². The van der Waals surface area contributed by atoms with Crippen LogP contribution in [-0.4, -0.2) is 71.6 Å². The normalized spacial score (nSPS) is 18.0. The predicted molar refractivity (Wildman–Crippen MR) is 124 cm³/mol. The number of nitrogens with zero attached hydrogens (tertiary/aromatic N) is 5. The molecular formula is C19H38IN7O.